The quantitative estimate of drug-likeness (QED) is 0.696. The molecule has 1 atom stereocenters. The zero-order valence-electron chi connectivity index (χ0n) is 10.6. The van der Waals surface area contributed by atoms with Crippen molar-refractivity contribution in [2.75, 3.05) is 5.32 Å². The van der Waals surface area contributed by atoms with Crippen molar-refractivity contribution < 1.29 is 4.79 Å². The smallest absolute Gasteiger partial charge is 0.327 e. The predicted octanol–water partition coefficient (Wildman–Crippen LogP) is 0.298. The largest absolute Gasteiger partial charge is 0.329 e. The number of aromatic nitrogens is 2. The second kappa shape index (κ2) is 4.37. The lowest BCUT2D eigenvalue weighted by atomic mass is 9.99. The van der Waals surface area contributed by atoms with E-state index in [1.807, 2.05) is 30.3 Å². The van der Waals surface area contributed by atoms with Gasteiger partial charge in [0.05, 0.1) is 11.6 Å². The molecule has 1 aliphatic rings. The Kier molecular flexibility index (Phi) is 2.67. The van der Waals surface area contributed by atoms with Crippen molar-refractivity contribution in [1.29, 1.82) is 0 Å². The molecule has 0 spiro atoms. The van der Waals surface area contributed by atoms with E-state index in [0.717, 1.165) is 5.56 Å². The summed E-state index contributed by atoms with van der Waals surface area (Å²) in [6.45, 7) is 0. The van der Waals surface area contributed by atoms with E-state index in [-0.39, 0.29) is 5.82 Å². The van der Waals surface area contributed by atoms with Gasteiger partial charge in [-0.05, 0) is 5.56 Å². The van der Waals surface area contributed by atoms with E-state index in [4.69, 9.17) is 0 Å². The lowest BCUT2D eigenvalue weighted by molar-refractivity contribution is 0.248. The summed E-state index contributed by atoms with van der Waals surface area (Å²) in [6, 6.07) is 8.06. The summed E-state index contributed by atoms with van der Waals surface area (Å²) in [7, 11) is 1.49. The van der Waals surface area contributed by atoms with Gasteiger partial charge >= 0.3 is 11.7 Å². The van der Waals surface area contributed by atoms with Gasteiger partial charge in [0.25, 0.3) is 5.56 Å². The number of carbonyl (C=O) groups is 1. The van der Waals surface area contributed by atoms with E-state index in [2.05, 4.69) is 15.6 Å². The van der Waals surface area contributed by atoms with Gasteiger partial charge in [0.15, 0.2) is 0 Å². The zero-order chi connectivity index (χ0) is 14.3. The normalized spacial score (nSPS) is 17.1. The van der Waals surface area contributed by atoms with Crippen LogP contribution in [0, 0.1) is 0 Å². The lowest BCUT2D eigenvalue weighted by Gasteiger charge is -2.27. The number of amides is 2. The molecule has 0 bridgehead atoms. The number of rotatable bonds is 1. The van der Waals surface area contributed by atoms with Crippen LogP contribution in [-0.2, 0) is 7.05 Å². The van der Waals surface area contributed by atoms with E-state index >= 15 is 0 Å². The lowest BCUT2D eigenvalue weighted by Crippen LogP contribution is -2.46. The maximum atomic E-state index is 12.1. The Morgan fingerprint density at radius 1 is 1.10 bits per heavy atom. The number of nitrogens with one attached hydrogen (secondary N) is 3. The van der Waals surface area contributed by atoms with E-state index in [9.17, 15) is 14.4 Å². The Balaban J connectivity index is 2.28. The SMILES string of the molecule is Cn1c2c(c(=O)[nH]c1=O)[C@H](c1ccccc1)NC(=O)N2. The average molecular weight is 272 g/mol. The van der Waals surface area contributed by atoms with Gasteiger partial charge in [-0.25, -0.2) is 9.59 Å². The summed E-state index contributed by atoms with van der Waals surface area (Å²) < 4.78 is 1.21. The second-order valence-corrected chi connectivity index (χ2v) is 4.52. The molecule has 3 rings (SSSR count). The van der Waals surface area contributed by atoms with Gasteiger partial charge in [-0.15, -0.1) is 0 Å². The molecule has 0 saturated heterocycles. The Bertz CT molecular complexity index is 791. The van der Waals surface area contributed by atoms with Crippen LogP contribution in [0.4, 0.5) is 10.6 Å². The minimum absolute atomic E-state index is 0.219. The van der Waals surface area contributed by atoms with Gasteiger partial charge in [0.2, 0.25) is 0 Å². The van der Waals surface area contributed by atoms with E-state index in [1.165, 1.54) is 11.6 Å². The predicted molar refractivity (Wildman–Crippen MR) is 72.7 cm³/mol. The molecule has 0 unspecified atom stereocenters. The third kappa shape index (κ3) is 1.80. The maximum Gasteiger partial charge on any atom is 0.329 e. The zero-order valence-corrected chi connectivity index (χ0v) is 10.6. The topological polar surface area (TPSA) is 96.0 Å². The number of nitrogens with zero attached hydrogens (tertiary/aromatic N) is 1. The third-order valence-corrected chi connectivity index (χ3v) is 3.29. The molecule has 7 nitrogen and oxygen atoms in total. The highest BCUT2D eigenvalue weighted by molar-refractivity contribution is 5.92. The van der Waals surface area contributed by atoms with Crippen molar-refractivity contribution in [1.82, 2.24) is 14.9 Å². The fourth-order valence-electron chi connectivity index (χ4n) is 2.30. The standard InChI is InChI=1S/C13H12N4O3/c1-17-10-8(11(18)16-13(17)20)9(14-12(19)15-10)7-5-3-2-4-6-7/h2-6,9H,1H3,(H2,14,15,19)(H,16,18,20)/t9-/m0/s1. The number of hydrogen-bond acceptors (Lipinski definition) is 3. The molecule has 0 radical (unpaired) electrons. The number of urea groups is 1. The molecule has 1 aromatic carbocycles. The summed E-state index contributed by atoms with van der Waals surface area (Å²) in [6.07, 6.45) is 0. The van der Waals surface area contributed by atoms with Crippen LogP contribution in [0.5, 0.6) is 0 Å². The molecule has 2 heterocycles. The van der Waals surface area contributed by atoms with E-state index < -0.39 is 23.3 Å². The monoisotopic (exact) mass is 272 g/mol. The van der Waals surface area contributed by atoms with Gasteiger partial charge in [-0.2, -0.15) is 0 Å². The van der Waals surface area contributed by atoms with Gasteiger partial charge < -0.3 is 5.32 Å². The van der Waals surface area contributed by atoms with Crippen LogP contribution in [0.25, 0.3) is 0 Å². The molecule has 0 saturated carbocycles. The van der Waals surface area contributed by atoms with Gasteiger partial charge in [0.1, 0.15) is 5.82 Å². The summed E-state index contributed by atoms with van der Waals surface area (Å²) in [5.74, 6) is 0.219. The molecule has 2 aromatic rings. The first-order valence-corrected chi connectivity index (χ1v) is 6.03. The first-order chi connectivity index (χ1) is 9.58. The number of fused-ring (bicyclic) bond motifs is 1. The van der Waals surface area contributed by atoms with Crippen molar-refractivity contribution in [3.05, 3.63) is 62.3 Å². The fraction of sp³-hybridized carbons (Fsp3) is 0.154. The molecule has 0 aliphatic carbocycles. The van der Waals surface area contributed by atoms with Gasteiger partial charge in [0, 0.05) is 7.05 Å². The fourth-order valence-corrected chi connectivity index (χ4v) is 2.30. The van der Waals surface area contributed by atoms with Gasteiger partial charge in [-0.3, -0.25) is 19.7 Å². The summed E-state index contributed by atoms with van der Waals surface area (Å²) in [5.41, 5.74) is 0.0119. The number of benzene rings is 1. The van der Waals surface area contributed by atoms with Crippen LogP contribution in [0.2, 0.25) is 0 Å². The summed E-state index contributed by atoms with van der Waals surface area (Å²) in [4.78, 5) is 37.6. The number of carbonyl (C=O) groups excluding carboxylic acids is 1. The second-order valence-electron chi connectivity index (χ2n) is 4.52. The van der Waals surface area contributed by atoms with E-state index in [1.54, 1.807) is 0 Å². The molecule has 0 fully saturated rings. The Labute approximate surface area is 113 Å². The van der Waals surface area contributed by atoms with Gasteiger partial charge in [-0.1, -0.05) is 30.3 Å². The highest BCUT2D eigenvalue weighted by Crippen LogP contribution is 2.27. The maximum absolute atomic E-state index is 12.1. The van der Waals surface area contributed by atoms with Crippen molar-refractivity contribution in [3.8, 4) is 0 Å². The molecule has 3 N–H and O–H groups in total. The number of anilines is 1. The summed E-state index contributed by atoms with van der Waals surface area (Å²) >= 11 is 0. The average Bonchev–Trinajstić information content (AvgIpc) is 2.45. The molecule has 7 heteroatoms. The van der Waals surface area contributed by atoms with Crippen LogP contribution >= 0.6 is 0 Å². The first-order valence-electron chi connectivity index (χ1n) is 6.03. The molecule has 2 amide bonds. The molecule has 1 aliphatic heterocycles. The number of H-pyrrole nitrogens is 1. The van der Waals surface area contributed by atoms with Crippen LogP contribution in [-0.4, -0.2) is 15.6 Å². The number of hydrogen-bond donors (Lipinski definition) is 3. The third-order valence-electron chi connectivity index (χ3n) is 3.29. The first kappa shape index (κ1) is 12.2. The Morgan fingerprint density at radius 2 is 1.80 bits per heavy atom. The Hall–Kier alpha value is -2.83. The number of aromatic amines is 1. The van der Waals surface area contributed by atoms with Crippen molar-refractivity contribution >= 4 is 11.8 Å². The molecular weight excluding hydrogens is 260 g/mol. The Morgan fingerprint density at radius 3 is 2.50 bits per heavy atom. The molecule has 20 heavy (non-hydrogen) atoms. The van der Waals surface area contributed by atoms with Crippen LogP contribution < -0.4 is 21.9 Å². The minimum atomic E-state index is -0.588. The van der Waals surface area contributed by atoms with Crippen LogP contribution in [0.3, 0.4) is 0 Å². The molecule has 102 valence electrons. The summed E-state index contributed by atoms with van der Waals surface area (Å²) in [5, 5.41) is 5.19. The van der Waals surface area contributed by atoms with Crippen LogP contribution in [0.15, 0.2) is 39.9 Å². The van der Waals surface area contributed by atoms with Crippen molar-refractivity contribution in [3.63, 3.8) is 0 Å². The van der Waals surface area contributed by atoms with Crippen molar-refractivity contribution in [2.24, 2.45) is 7.05 Å². The molecular formula is C13H12N4O3. The highest BCUT2D eigenvalue weighted by Gasteiger charge is 2.30. The molecule has 1 aromatic heterocycles. The minimum Gasteiger partial charge on any atom is -0.327 e. The highest BCUT2D eigenvalue weighted by atomic mass is 16.2. The van der Waals surface area contributed by atoms with E-state index in [0.29, 0.717) is 5.56 Å². The van der Waals surface area contributed by atoms with Crippen LogP contribution in [0.1, 0.15) is 17.2 Å². The van der Waals surface area contributed by atoms with Crippen molar-refractivity contribution in [2.45, 2.75) is 6.04 Å².